The summed E-state index contributed by atoms with van der Waals surface area (Å²) in [4.78, 5) is 11.4. The van der Waals surface area contributed by atoms with Crippen LogP contribution in [0.1, 0.15) is 37.3 Å². The molecule has 0 aliphatic heterocycles. The van der Waals surface area contributed by atoms with Gasteiger partial charge in [-0.1, -0.05) is 24.2 Å². The molecule has 1 aromatic carbocycles. The van der Waals surface area contributed by atoms with Gasteiger partial charge in [0, 0.05) is 13.5 Å². The first kappa shape index (κ1) is 20.7. The molecule has 0 saturated heterocycles. The van der Waals surface area contributed by atoms with Crippen LogP contribution < -0.4 is 14.8 Å². The molecule has 1 aromatic heterocycles. The summed E-state index contributed by atoms with van der Waals surface area (Å²) < 4.78 is 37.9. The predicted octanol–water partition coefficient (Wildman–Crippen LogP) is 2.81. The Morgan fingerprint density at radius 3 is 2.70 bits per heavy atom. The van der Waals surface area contributed by atoms with Gasteiger partial charge in [-0.25, -0.2) is 13.1 Å². The van der Waals surface area contributed by atoms with Crippen LogP contribution in [0.4, 0.5) is 5.69 Å². The molecule has 0 spiro atoms. The van der Waals surface area contributed by atoms with E-state index in [9.17, 15) is 13.2 Å². The summed E-state index contributed by atoms with van der Waals surface area (Å²) in [5.41, 5.74) is 1.65. The molecule has 0 saturated carbocycles. The molecular weight excluding hydrogens is 370 g/mol. The molecular formula is C18H23N3O5S. The largest absolute Gasteiger partial charge is 0.495 e. The molecule has 2 aromatic rings. The molecule has 27 heavy (non-hydrogen) atoms. The van der Waals surface area contributed by atoms with Crippen molar-refractivity contribution in [2.24, 2.45) is 0 Å². The predicted molar refractivity (Wildman–Crippen MR) is 103 cm³/mol. The van der Waals surface area contributed by atoms with Crippen LogP contribution in [0.2, 0.25) is 0 Å². The van der Waals surface area contributed by atoms with Gasteiger partial charge in [0.15, 0.2) is 5.76 Å². The lowest BCUT2D eigenvalue weighted by molar-refractivity contribution is -0.114. The smallest absolute Gasteiger partial charge is 0.244 e. The van der Waals surface area contributed by atoms with Crippen LogP contribution in [-0.4, -0.2) is 33.1 Å². The summed E-state index contributed by atoms with van der Waals surface area (Å²) in [6.07, 6.45) is 3.96. The number of nitrogens with one attached hydrogen (secondary N) is 2. The maximum atomic E-state index is 12.5. The van der Waals surface area contributed by atoms with Gasteiger partial charge in [0.05, 0.1) is 7.11 Å². The Morgan fingerprint density at radius 1 is 1.33 bits per heavy atom. The molecule has 1 amide bonds. The van der Waals surface area contributed by atoms with Crippen LogP contribution in [-0.2, 0) is 14.8 Å². The maximum Gasteiger partial charge on any atom is 0.244 e. The highest BCUT2D eigenvalue weighted by Gasteiger charge is 2.19. The monoisotopic (exact) mass is 393 g/mol. The molecule has 8 nitrogen and oxygen atoms in total. The van der Waals surface area contributed by atoms with Crippen molar-refractivity contribution in [2.45, 2.75) is 32.1 Å². The fourth-order valence-corrected chi connectivity index (χ4v) is 3.66. The van der Waals surface area contributed by atoms with Crippen molar-refractivity contribution < 1.29 is 22.5 Å². The number of benzene rings is 1. The van der Waals surface area contributed by atoms with Gasteiger partial charge >= 0.3 is 0 Å². The Bertz CT molecular complexity index is 948. The molecule has 0 unspecified atom stereocenters. The third-order valence-corrected chi connectivity index (χ3v) is 5.12. The quantitative estimate of drug-likeness (QED) is 0.713. The van der Waals surface area contributed by atoms with Crippen molar-refractivity contribution in [3.8, 4) is 5.75 Å². The number of aryl methyl sites for hydroxylation is 1. The summed E-state index contributed by atoms with van der Waals surface area (Å²) in [5.74, 6) is 0.382. The van der Waals surface area contributed by atoms with Crippen LogP contribution in [0.5, 0.6) is 5.75 Å². The number of rotatable bonds is 8. The summed E-state index contributed by atoms with van der Waals surface area (Å²) >= 11 is 0. The lowest BCUT2D eigenvalue weighted by Crippen LogP contribution is -2.24. The van der Waals surface area contributed by atoms with E-state index in [2.05, 4.69) is 15.2 Å². The Balaban J connectivity index is 2.37. The van der Waals surface area contributed by atoms with Gasteiger partial charge in [-0.15, -0.1) is 0 Å². The second kappa shape index (κ2) is 8.83. The molecule has 0 aliphatic carbocycles. The lowest BCUT2D eigenvalue weighted by Gasteiger charge is -2.11. The van der Waals surface area contributed by atoms with Crippen molar-refractivity contribution in [2.75, 3.05) is 19.0 Å². The molecule has 1 heterocycles. The van der Waals surface area contributed by atoms with Crippen LogP contribution in [0.25, 0.3) is 12.2 Å². The normalized spacial score (nSPS) is 11.7. The van der Waals surface area contributed by atoms with Crippen molar-refractivity contribution in [1.82, 2.24) is 9.88 Å². The summed E-state index contributed by atoms with van der Waals surface area (Å²) in [6, 6.07) is 4.81. The van der Waals surface area contributed by atoms with Crippen molar-refractivity contribution in [3.63, 3.8) is 0 Å². The van der Waals surface area contributed by atoms with E-state index in [1.54, 1.807) is 31.2 Å². The van der Waals surface area contributed by atoms with E-state index in [0.717, 1.165) is 0 Å². The van der Waals surface area contributed by atoms with Crippen LogP contribution >= 0.6 is 0 Å². The van der Waals surface area contributed by atoms with E-state index >= 15 is 0 Å². The Kier molecular flexibility index (Phi) is 6.75. The number of sulfonamides is 1. The zero-order valence-corrected chi connectivity index (χ0v) is 16.5. The van der Waals surface area contributed by atoms with Crippen molar-refractivity contribution in [1.29, 1.82) is 0 Å². The fraction of sp³-hybridized carbons (Fsp3) is 0.333. The van der Waals surface area contributed by atoms with Crippen LogP contribution in [0.3, 0.4) is 0 Å². The number of methoxy groups -OCH3 is 1. The number of carbonyl (C=O) groups excluding carboxylic acids is 1. The fourth-order valence-electron chi connectivity index (χ4n) is 2.32. The second-order valence-electron chi connectivity index (χ2n) is 5.83. The van der Waals surface area contributed by atoms with Gasteiger partial charge in [-0.2, -0.15) is 0 Å². The first-order chi connectivity index (χ1) is 12.8. The van der Waals surface area contributed by atoms with E-state index < -0.39 is 10.0 Å². The zero-order valence-electron chi connectivity index (χ0n) is 15.7. The Morgan fingerprint density at radius 2 is 2.07 bits per heavy atom. The van der Waals surface area contributed by atoms with Crippen molar-refractivity contribution in [3.05, 3.63) is 35.2 Å². The highest BCUT2D eigenvalue weighted by atomic mass is 32.2. The minimum absolute atomic E-state index is 0.0523. The number of nitrogens with zero attached hydrogens (tertiary/aromatic N) is 1. The molecule has 0 fully saturated rings. The first-order valence-corrected chi connectivity index (χ1v) is 9.86. The Labute approximate surface area is 158 Å². The standard InChI is InChI=1S/C18H23N3O5S/c1-5-10-19-27(23,24)17-11-14(6-8-15(17)25-4)7-9-16-18(20-13(3)22)12(2)21-26-16/h6-9,11,19H,5,10H2,1-4H3,(H,20,22)/b9-7-. The van der Waals surface area contributed by atoms with Crippen LogP contribution in [0.15, 0.2) is 27.6 Å². The van der Waals surface area contributed by atoms with E-state index in [4.69, 9.17) is 9.26 Å². The molecule has 146 valence electrons. The third kappa shape index (κ3) is 5.18. The molecule has 9 heteroatoms. The van der Waals surface area contributed by atoms with E-state index in [0.29, 0.717) is 35.7 Å². The van der Waals surface area contributed by atoms with E-state index in [-0.39, 0.29) is 16.6 Å². The van der Waals surface area contributed by atoms with Gasteiger partial charge in [0.25, 0.3) is 0 Å². The summed E-state index contributed by atoms with van der Waals surface area (Å²) in [6.45, 7) is 5.32. The molecule has 0 aliphatic rings. The zero-order chi connectivity index (χ0) is 20.0. The number of ether oxygens (including phenoxy) is 1. The average molecular weight is 393 g/mol. The second-order valence-corrected chi connectivity index (χ2v) is 7.57. The van der Waals surface area contributed by atoms with E-state index in [1.807, 2.05) is 6.92 Å². The molecule has 2 rings (SSSR count). The molecule has 0 radical (unpaired) electrons. The van der Waals surface area contributed by atoms with Gasteiger partial charge in [0.2, 0.25) is 15.9 Å². The number of hydrogen-bond donors (Lipinski definition) is 2. The summed E-state index contributed by atoms with van der Waals surface area (Å²) in [7, 11) is -2.27. The minimum atomic E-state index is -3.69. The van der Waals surface area contributed by atoms with Gasteiger partial charge in [0.1, 0.15) is 22.0 Å². The highest BCUT2D eigenvalue weighted by Crippen LogP contribution is 2.27. The molecule has 0 bridgehead atoms. The average Bonchev–Trinajstić information content (AvgIpc) is 2.97. The van der Waals surface area contributed by atoms with Gasteiger partial charge < -0.3 is 14.6 Å². The van der Waals surface area contributed by atoms with Crippen molar-refractivity contribution >= 4 is 33.8 Å². The molecule has 0 atom stereocenters. The topological polar surface area (TPSA) is 111 Å². The maximum absolute atomic E-state index is 12.5. The van der Waals surface area contributed by atoms with E-state index in [1.165, 1.54) is 20.1 Å². The number of anilines is 1. The third-order valence-electron chi connectivity index (χ3n) is 3.64. The number of aromatic nitrogens is 1. The number of carbonyl (C=O) groups is 1. The summed E-state index contributed by atoms with van der Waals surface area (Å²) in [5, 5.41) is 6.50. The number of amides is 1. The van der Waals surface area contributed by atoms with Gasteiger partial charge in [-0.05, 0) is 37.1 Å². The number of hydrogen-bond acceptors (Lipinski definition) is 6. The lowest BCUT2D eigenvalue weighted by atomic mass is 10.2. The minimum Gasteiger partial charge on any atom is -0.495 e. The van der Waals surface area contributed by atoms with Gasteiger partial charge in [-0.3, -0.25) is 4.79 Å². The van der Waals surface area contributed by atoms with Crippen LogP contribution in [0, 0.1) is 6.92 Å². The highest BCUT2D eigenvalue weighted by molar-refractivity contribution is 7.89. The molecule has 2 N–H and O–H groups in total. The first-order valence-electron chi connectivity index (χ1n) is 8.38. The Hall–Kier alpha value is -2.65. The SMILES string of the molecule is CCCNS(=O)(=O)c1cc(/C=C\c2onc(C)c2NC(C)=O)ccc1OC.